The van der Waals surface area contributed by atoms with Crippen LogP contribution >= 0.6 is 0 Å². The number of ether oxygens (including phenoxy) is 5. The molecule has 2 aromatic carbocycles. The van der Waals surface area contributed by atoms with Gasteiger partial charge < -0.3 is 44.1 Å². The van der Waals surface area contributed by atoms with Crippen molar-refractivity contribution in [3.63, 3.8) is 0 Å². The fraction of sp³-hybridized carbons (Fsp3) is 0.472. The van der Waals surface area contributed by atoms with Crippen LogP contribution in [0.5, 0.6) is 0 Å². The molecular weight excluding hydrogens is 660 g/mol. The lowest BCUT2D eigenvalue weighted by Crippen LogP contribution is -2.55. The molecular formula is C36H46N6O9. The number of urea groups is 1. The summed E-state index contributed by atoms with van der Waals surface area (Å²) in [5.41, 5.74) is 2.17. The summed E-state index contributed by atoms with van der Waals surface area (Å²) < 4.78 is 30.1. The fourth-order valence-electron chi connectivity index (χ4n) is 5.53. The van der Waals surface area contributed by atoms with Crippen LogP contribution in [-0.4, -0.2) is 107 Å². The minimum Gasteiger partial charge on any atom is -0.446 e. The maximum absolute atomic E-state index is 13.3. The van der Waals surface area contributed by atoms with Crippen molar-refractivity contribution in [3.05, 3.63) is 90.0 Å². The van der Waals surface area contributed by atoms with Crippen molar-refractivity contribution < 1.29 is 42.9 Å². The van der Waals surface area contributed by atoms with Crippen LogP contribution in [0, 0.1) is 0 Å². The van der Waals surface area contributed by atoms with Crippen LogP contribution < -0.4 is 10.6 Å². The van der Waals surface area contributed by atoms with Gasteiger partial charge in [-0.2, -0.15) is 0 Å². The van der Waals surface area contributed by atoms with Gasteiger partial charge in [-0.15, -0.1) is 0 Å². The zero-order valence-electron chi connectivity index (χ0n) is 29.2. The van der Waals surface area contributed by atoms with E-state index in [-0.39, 0.29) is 25.9 Å². The number of nitrogens with zero attached hydrogens (tertiary/aromatic N) is 4. The molecule has 4 amide bonds. The standard InChI is InChI=1S/C36H46N6O9/c1-36(2,3)51-33(44)39-22-27-11-9-26(10-12-27)21-38-32(43)40-16-18-41(19-17-40)35(46)50-29-13-20-47-30(24-49-34(45)42-15-14-37-25-42)31(29)48-23-28-7-5-4-6-8-28/h4-12,14-15,25,29-31H,13,16-24H2,1-3H3,(H,38,43)(H,39,44)/t29-,30+,31+/m1/s1. The van der Waals surface area contributed by atoms with Gasteiger partial charge in [0.15, 0.2) is 0 Å². The molecule has 0 saturated carbocycles. The molecule has 2 saturated heterocycles. The highest BCUT2D eigenvalue weighted by atomic mass is 16.6. The maximum atomic E-state index is 13.3. The monoisotopic (exact) mass is 706 g/mol. The van der Waals surface area contributed by atoms with E-state index < -0.39 is 42.2 Å². The Morgan fingerprint density at radius 2 is 1.53 bits per heavy atom. The highest BCUT2D eigenvalue weighted by molar-refractivity contribution is 5.75. The first kappa shape index (κ1) is 37.1. The largest absolute Gasteiger partial charge is 0.446 e. The Kier molecular flexibility index (Phi) is 12.9. The summed E-state index contributed by atoms with van der Waals surface area (Å²) in [6.07, 6.45) is 1.10. The van der Waals surface area contributed by atoms with E-state index in [4.69, 9.17) is 23.7 Å². The van der Waals surface area contributed by atoms with Crippen molar-refractivity contribution in [2.24, 2.45) is 0 Å². The number of aromatic nitrogens is 2. The minimum atomic E-state index is -0.694. The Bertz CT molecular complexity index is 1570. The zero-order chi connectivity index (χ0) is 36.2. The summed E-state index contributed by atoms with van der Waals surface area (Å²) in [7, 11) is 0. The van der Waals surface area contributed by atoms with Crippen LogP contribution in [0.15, 0.2) is 73.3 Å². The van der Waals surface area contributed by atoms with Crippen LogP contribution in [0.4, 0.5) is 19.2 Å². The van der Waals surface area contributed by atoms with Crippen molar-refractivity contribution in [3.8, 4) is 0 Å². The van der Waals surface area contributed by atoms with Gasteiger partial charge in [0.25, 0.3) is 0 Å². The molecule has 0 unspecified atom stereocenters. The van der Waals surface area contributed by atoms with Crippen LogP contribution in [-0.2, 0) is 43.4 Å². The van der Waals surface area contributed by atoms with Crippen LogP contribution in [0.25, 0.3) is 0 Å². The van der Waals surface area contributed by atoms with Gasteiger partial charge in [0.2, 0.25) is 0 Å². The van der Waals surface area contributed by atoms with Gasteiger partial charge in [0, 0.05) is 58.1 Å². The van der Waals surface area contributed by atoms with E-state index in [9.17, 15) is 19.2 Å². The molecule has 274 valence electrons. The van der Waals surface area contributed by atoms with Gasteiger partial charge in [-0.3, -0.25) is 0 Å². The number of alkyl carbamates (subject to hydrolysis) is 1. The fourth-order valence-corrected chi connectivity index (χ4v) is 5.53. The molecule has 2 N–H and O–H groups in total. The first-order valence-electron chi connectivity index (χ1n) is 17.0. The predicted octanol–water partition coefficient (Wildman–Crippen LogP) is 4.30. The molecule has 5 rings (SSSR count). The Hall–Kier alpha value is -5.15. The van der Waals surface area contributed by atoms with Crippen molar-refractivity contribution in [1.82, 2.24) is 30.0 Å². The Morgan fingerprint density at radius 3 is 2.18 bits per heavy atom. The Morgan fingerprint density at radius 1 is 0.863 bits per heavy atom. The molecule has 2 aliphatic heterocycles. The Labute approximate surface area is 297 Å². The molecule has 0 spiro atoms. The van der Waals surface area contributed by atoms with E-state index in [1.807, 2.05) is 54.6 Å². The number of carbonyl (C=O) groups is 4. The third kappa shape index (κ3) is 11.4. The smallest absolute Gasteiger partial charge is 0.419 e. The number of piperazine rings is 1. The lowest BCUT2D eigenvalue weighted by Gasteiger charge is -2.39. The lowest BCUT2D eigenvalue weighted by atomic mass is 10.0. The first-order valence-corrected chi connectivity index (χ1v) is 17.0. The van der Waals surface area contributed by atoms with Crippen molar-refractivity contribution in [2.45, 2.75) is 70.8 Å². The van der Waals surface area contributed by atoms with Gasteiger partial charge in [-0.25, -0.2) is 28.7 Å². The second-order valence-electron chi connectivity index (χ2n) is 13.2. The van der Waals surface area contributed by atoms with Gasteiger partial charge in [-0.1, -0.05) is 54.6 Å². The molecule has 51 heavy (non-hydrogen) atoms. The van der Waals surface area contributed by atoms with E-state index in [1.165, 1.54) is 23.3 Å². The van der Waals surface area contributed by atoms with Crippen molar-refractivity contribution in [2.75, 3.05) is 39.4 Å². The molecule has 0 aliphatic carbocycles. The summed E-state index contributed by atoms with van der Waals surface area (Å²) in [5.74, 6) is 0. The van der Waals surface area contributed by atoms with Gasteiger partial charge in [0.1, 0.15) is 36.8 Å². The molecule has 3 atom stereocenters. The summed E-state index contributed by atoms with van der Waals surface area (Å²) in [6.45, 7) is 7.79. The number of rotatable bonds is 10. The molecule has 15 heteroatoms. The molecule has 3 aromatic rings. The summed E-state index contributed by atoms with van der Waals surface area (Å²) in [5, 5.41) is 5.66. The second kappa shape index (κ2) is 17.7. The Balaban J connectivity index is 1.08. The molecule has 2 fully saturated rings. The number of nitrogens with one attached hydrogen (secondary N) is 2. The molecule has 3 heterocycles. The summed E-state index contributed by atoms with van der Waals surface area (Å²) in [6, 6.07) is 16.9. The average molecular weight is 707 g/mol. The van der Waals surface area contributed by atoms with Crippen molar-refractivity contribution >= 4 is 24.3 Å². The first-order chi connectivity index (χ1) is 24.5. The number of benzene rings is 2. The molecule has 1 aromatic heterocycles. The van der Waals surface area contributed by atoms with E-state index in [1.54, 1.807) is 30.6 Å². The zero-order valence-corrected chi connectivity index (χ0v) is 29.2. The van der Waals surface area contributed by atoms with Crippen LogP contribution in [0.3, 0.4) is 0 Å². The van der Waals surface area contributed by atoms with Gasteiger partial charge in [0.05, 0.1) is 13.2 Å². The number of imidazole rings is 1. The van der Waals surface area contributed by atoms with Crippen LogP contribution in [0.2, 0.25) is 0 Å². The maximum Gasteiger partial charge on any atom is 0.419 e. The minimum absolute atomic E-state index is 0.103. The van der Waals surface area contributed by atoms with Crippen molar-refractivity contribution in [1.29, 1.82) is 0 Å². The van der Waals surface area contributed by atoms with Gasteiger partial charge >= 0.3 is 24.3 Å². The number of carbonyl (C=O) groups excluding carboxylic acids is 4. The average Bonchev–Trinajstić information content (AvgIpc) is 3.67. The second-order valence-corrected chi connectivity index (χ2v) is 13.2. The number of hydrogen-bond acceptors (Lipinski definition) is 10. The van der Waals surface area contributed by atoms with E-state index in [0.717, 1.165) is 16.7 Å². The third-order valence-electron chi connectivity index (χ3n) is 8.22. The van der Waals surface area contributed by atoms with E-state index in [0.29, 0.717) is 45.7 Å². The van der Waals surface area contributed by atoms with Gasteiger partial charge in [-0.05, 0) is 37.5 Å². The SMILES string of the molecule is CC(C)(C)OC(=O)NCc1ccc(CNC(=O)N2CCN(C(=O)O[C@@H]3CCO[C@@H](COC(=O)n4ccnc4)[C@H]3OCc3ccccc3)CC2)cc1. The number of hydrogen-bond donors (Lipinski definition) is 2. The quantitative estimate of drug-likeness (QED) is 0.291. The van der Waals surface area contributed by atoms with E-state index >= 15 is 0 Å². The summed E-state index contributed by atoms with van der Waals surface area (Å²) in [4.78, 5) is 57.7. The van der Waals surface area contributed by atoms with Crippen LogP contribution in [0.1, 0.15) is 43.9 Å². The highest BCUT2D eigenvalue weighted by Crippen LogP contribution is 2.24. The molecule has 0 radical (unpaired) electrons. The molecule has 15 nitrogen and oxygen atoms in total. The number of amides is 4. The normalized spacial score (nSPS) is 19.2. The summed E-state index contributed by atoms with van der Waals surface area (Å²) >= 11 is 0. The van der Waals surface area contributed by atoms with E-state index in [2.05, 4.69) is 15.6 Å². The molecule has 0 bridgehead atoms. The topological polar surface area (TPSA) is 163 Å². The predicted molar refractivity (Wildman–Crippen MR) is 184 cm³/mol. The lowest BCUT2D eigenvalue weighted by molar-refractivity contribution is -0.177. The molecule has 2 aliphatic rings. The highest BCUT2D eigenvalue weighted by Gasteiger charge is 2.40. The third-order valence-corrected chi connectivity index (χ3v) is 8.22.